The van der Waals surface area contributed by atoms with E-state index in [1.54, 1.807) is 7.11 Å². The van der Waals surface area contributed by atoms with E-state index in [4.69, 9.17) is 4.74 Å². The van der Waals surface area contributed by atoms with Crippen LogP contribution in [0.4, 0.5) is 0 Å². The van der Waals surface area contributed by atoms with E-state index in [0.717, 1.165) is 27.2 Å². The summed E-state index contributed by atoms with van der Waals surface area (Å²) in [6, 6.07) is 7.74. The first kappa shape index (κ1) is 12.0. The van der Waals surface area contributed by atoms with Crippen LogP contribution in [0.1, 0.15) is 11.3 Å². The first-order chi connectivity index (χ1) is 8.13. The van der Waals surface area contributed by atoms with E-state index in [1.165, 1.54) is 0 Å². The van der Waals surface area contributed by atoms with Crippen molar-refractivity contribution in [2.45, 2.75) is 13.8 Å². The van der Waals surface area contributed by atoms with Crippen molar-refractivity contribution in [1.29, 1.82) is 0 Å². The minimum absolute atomic E-state index is 0.678. The van der Waals surface area contributed by atoms with Crippen LogP contribution >= 0.6 is 15.9 Å². The molecule has 2 rings (SSSR count). The highest BCUT2D eigenvalue weighted by Gasteiger charge is 2.11. The molecule has 1 aromatic heterocycles. The zero-order valence-electron chi connectivity index (χ0n) is 9.99. The highest BCUT2D eigenvalue weighted by atomic mass is 79.9. The number of rotatable bonds is 2. The first-order valence-corrected chi connectivity index (χ1v) is 6.07. The van der Waals surface area contributed by atoms with Crippen LogP contribution in [-0.2, 0) is 0 Å². The lowest BCUT2D eigenvalue weighted by atomic mass is 10.1. The van der Waals surface area contributed by atoms with Crippen molar-refractivity contribution in [2.75, 3.05) is 7.11 Å². The van der Waals surface area contributed by atoms with Gasteiger partial charge in [-0.2, -0.15) is 0 Å². The molecule has 0 saturated heterocycles. The maximum absolute atomic E-state index is 5.31. The molecule has 0 atom stereocenters. The minimum atomic E-state index is 0.678. The molecular weight excluding hydrogens is 280 g/mol. The summed E-state index contributed by atoms with van der Waals surface area (Å²) in [5.74, 6) is 1.46. The van der Waals surface area contributed by atoms with Crippen LogP contribution < -0.4 is 4.74 Å². The molecule has 17 heavy (non-hydrogen) atoms. The van der Waals surface area contributed by atoms with Crippen molar-refractivity contribution in [3.8, 4) is 17.1 Å². The second kappa shape index (κ2) is 4.84. The molecule has 88 valence electrons. The number of benzene rings is 1. The van der Waals surface area contributed by atoms with Gasteiger partial charge in [0, 0.05) is 11.3 Å². The normalized spacial score (nSPS) is 10.4. The van der Waals surface area contributed by atoms with E-state index in [-0.39, 0.29) is 0 Å². The smallest absolute Gasteiger partial charge is 0.164 e. The Balaban J connectivity index is 2.61. The SMILES string of the molecule is COc1ccccc1-c1nc(C)c(C)c(Br)n1. The molecule has 2 aromatic rings. The van der Waals surface area contributed by atoms with E-state index in [9.17, 15) is 0 Å². The van der Waals surface area contributed by atoms with Gasteiger partial charge in [0.05, 0.1) is 12.7 Å². The van der Waals surface area contributed by atoms with Gasteiger partial charge in [0.25, 0.3) is 0 Å². The third-order valence-corrected chi connectivity index (χ3v) is 3.45. The second-order valence-corrected chi connectivity index (χ2v) is 4.50. The van der Waals surface area contributed by atoms with Crippen LogP contribution in [0, 0.1) is 13.8 Å². The number of aromatic nitrogens is 2. The van der Waals surface area contributed by atoms with Gasteiger partial charge in [-0.15, -0.1) is 0 Å². The van der Waals surface area contributed by atoms with Gasteiger partial charge >= 0.3 is 0 Å². The molecule has 0 N–H and O–H groups in total. The molecule has 0 aliphatic heterocycles. The van der Waals surface area contributed by atoms with Crippen LogP contribution in [0.2, 0.25) is 0 Å². The van der Waals surface area contributed by atoms with Crippen LogP contribution in [0.15, 0.2) is 28.9 Å². The summed E-state index contributed by atoms with van der Waals surface area (Å²) in [6.45, 7) is 3.96. The molecule has 4 heteroatoms. The fourth-order valence-corrected chi connectivity index (χ4v) is 2.00. The van der Waals surface area contributed by atoms with Gasteiger partial charge in [-0.3, -0.25) is 0 Å². The fraction of sp³-hybridized carbons (Fsp3) is 0.231. The van der Waals surface area contributed by atoms with Crippen molar-refractivity contribution in [3.63, 3.8) is 0 Å². The van der Waals surface area contributed by atoms with E-state index < -0.39 is 0 Å². The molecule has 1 heterocycles. The molecule has 0 amide bonds. The Morgan fingerprint density at radius 1 is 1.12 bits per heavy atom. The third kappa shape index (κ3) is 2.31. The number of hydrogen-bond acceptors (Lipinski definition) is 3. The first-order valence-electron chi connectivity index (χ1n) is 5.27. The molecule has 0 unspecified atom stereocenters. The molecule has 0 fully saturated rings. The Hall–Kier alpha value is -1.42. The number of hydrogen-bond donors (Lipinski definition) is 0. The molecule has 0 spiro atoms. The molecule has 0 aliphatic rings. The van der Waals surface area contributed by atoms with E-state index >= 15 is 0 Å². The molecule has 1 aromatic carbocycles. The van der Waals surface area contributed by atoms with Gasteiger partial charge in [-0.25, -0.2) is 9.97 Å². The van der Waals surface area contributed by atoms with E-state index in [0.29, 0.717) is 5.82 Å². The highest BCUT2D eigenvalue weighted by Crippen LogP contribution is 2.28. The molecule has 3 nitrogen and oxygen atoms in total. The van der Waals surface area contributed by atoms with E-state index in [2.05, 4.69) is 25.9 Å². The fourth-order valence-electron chi connectivity index (χ4n) is 1.54. The van der Waals surface area contributed by atoms with Crippen molar-refractivity contribution in [2.24, 2.45) is 0 Å². The summed E-state index contributed by atoms with van der Waals surface area (Å²) in [5.41, 5.74) is 2.93. The predicted molar refractivity (Wildman–Crippen MR) is 71.2 cm³/mol. The van der Waals surface area contributed by atoms with Gasteiger partial charge in [-0.05, 0) is 41.9 Å². The number of methoxy groups -OCH3 is 1. The lowest BCUT2D eigenvalue weighted by Gasteiger charge is -2.09. The number of para-hydroxylation sites is 1. The summed E-state index contributed by atoms with van der Waals surface area (Å²) in [6.07, 6.45) is 0. The van der Waals surface area contributed by atoms with Crippen molar-refractivity contribution >= 4 is 15.9 Å². The van der Waals surface area contributed by atoms with Crippen molar-refractivity contribution in [1.82, 2.24) is 9.97 Å². The number of halogens is 1. The summed E-state index contributed by atoms with van der Waals surface area (Å²) in [5, 5.41) is 0. The predicted octanol–water partition coefficient (Wildman–Crippen LogP) is 3.53. The van der Waals surface area contributed by atoms with Gasteiger partial charge in [0.15, 0.2) is 5.82 Å². The van der Waals surface area contributed by atoms with Crippen molar-refractivity contribution in [3.05, 3.63) is 40.1 Å². The number of aryl methyl sites for hydroxylation is 1. The zero-order valence-corrected chi connectivity index (χ0v) is 11.6. The summed E-state index contributed by atoms with van der Waals surface area (Å²) >= 11 is 3.45. The Kier molecular flexibility index (Phi) is 3.43. The zero-order chi connectivity index (χ0) is 12.4. The molecule has 0 aliphatic carbocycles. The highest BCUT2D eigenvalue weighted by molar-refractivity contribution is 9.10. The number of ether oxygens (including phenoxy) is 1. The Morgan fingerprint density at radius 3 is 2.47 bits per heavy atom. The lowest BCUT2D eigenvalue weighted by Crippen LogP contribution is -1.98. The second-order valence-electron chi connectivity index (χ2n) is 3.75. The van der Waals surface area contributed by atoms with Gasteiger partial charge in [0.2, 0.25) is 0 Å². The molecule has 0 radical (unpaired) electrons. The van der Waals surface area contributed by atoms with Gasteiger partial charge in [-0.1, -0.05) is 12.1 Å². The molecular formula is C13H13BrN2O. The Labute approximate surface area is 109 Å². The van der Waals surface area contributed by atoms with Crippen LogP contribution in [0.5, 0.6) is 5.75 Å². The van der Waals surface area contributed by atoms with Crippen LogP contribution in [0.25, 0.3) is 11.4 Å². The average Bonchev–Trinajstić information content (AvgIpc) is 2.35. The van der Waals surface area contributed by atoms with Crippen molar-refractivity contribution < 1.29 is 4.74 Å². The lowest BCUT2D eigenvalue weighted by molar-refractivity contribution is 0.416. The maximum Gasteiger partial charge on any atom is 0.164 e. The van der Waals surface area contributed by atoms with Gasteiger partial charge < -0.3 is 4.74 Å². The molecule has 0 saturated carbocycles. The average molecular weight is 293 g/mol. The maximum atomic E-state index is 5.31. The summed E-state index contributed by atoms with van der Waals surface area (Å²) in [4.78, 5) is 8.93. The Morgan fingerprint density at radius 2 is 1.82 bits per heavy atom. The largest absolute Gasteiger partial charge is 0.496 e. The van der Waals surface area contributed by atoms with E-state index in [1.807, 2.05) is 38.1 Å². The number of nitrogens with zero attached hydrogens (tertiary/aromatic N) is 2. The summed E-state index contributed by atoms with van der Waals surface area (Å²) in [7, 11) is 1.65. The monoisotopic (exact) mass is 292 g/mol. The van der Waals surface area contributed by atoms with Crippen LogP contribution in [-0.4, -0.2) is 17.1 Å². The standard InChI is InChI=1S/C13H13BrN2O/c1-8-9(2)15-13(16-12(8)14)10-6-4-5-7-11(10)17-3/h4-7H,1-3H3. The topological polar surface area (TPSA) is 35.0 Å². The molecule has 0 bridgehead atoms. The quantitative estimate of drug-likeness (QED) is 0.794. The summed E-state index contributed by atoms with van der Waals surface area (Å²) < 4.78 is 6.14. The van der Waals surface area contributed by atoms with Crippen LogP contribution in [0.3, 0.4) is 0 Å². The third-order valence-electron chi connectivity index (χ3n) is 2.68. The minimum Gasteiger partial charge on any atom is -0.496 e. The van der Waals surface area contributed by atoms with Gasteiger partial charge in [0.1, 0.15) is 10.4 Å². The Bertz CT molecular complexity index is 532.